The van der Waals surface area contributed by atoms with Crippen molar-refractivity contribution in [2.24, 2.45) is 0 Å². The molecule has 0 aliphatic rings. The highest BCUT2D eigenvalue weighted by molar-refractivity contribution is 7.85. The summed E-state index contributed by atoms with van der Waals surface area (Å²) in [6.07, 6.45) is 0. The standard InChI is InChI=1S/C42H32O2P2/c43-45(37-16-5-1-6-17-37,38-18-7-2-8-19-38)41-28-24-33(25-29-41)35-14-13-15-36(32-35)34-26-30-42(31-27-34)46(44,39-20-9-3-10-21-39)40-22-11-4-12-23-40/h1-32H. The largest absolute Gasteiger partial charge is 0.309 e. The molecule has 0 spiro atoms. The van der Waals surface area contributed by atoms with Crippen LogP contribution < -0.4 is 31.8 Å². The van der Waals surface area contributed by atoms with E-state index in [9.17, 15) is 9.13 Å². The Balaban J connectivity index is 1.21. The van der Waals surface area contributed by atoms with Crippen molar-refractivity contribution in [1.82, 2.24) is 0 Å². The fourth-order valence-corrected chi connectivity index (χ4v) is 11.3. The predicted octanol–water partition coefficient (Wildman–Crippen LogP) is 8.30. The number of hydrogen-bond donors (Lipinski definition) is 0. The Morgan fingerprint density at radius 2 is 0.500 bits per heavy atom. The topological polar surface area (TPSA) is 34.1 Å². The summed E-state index contributed by atoms with van der Waals surface area (Å²) in [6, 6.07) is 63.7. The minimum absolute atomic E-state index is 0.807. The highest BCUT2D eigenvalue weighted by Gasteiger charge is 2.30. The molecule has 7 rings (SSSR count). The maximum absolute atomic E-state index is 14.8. The maximum Gasteiger partial charge on any atom is 0.171 e. The normalized spacial score (nSPS) is 11.7. The van der Waals surface area contributed by atoms with Gasteiger partial charge in [0.1, 0.15) is 0 Å². The van der Waals surface area contributed by atoms with Crippen LogP contribution >= 0.6 is 14.3 Å². The summed E-state index contributed by atoms with van der Waals surface area (Å²) in [5, 5.41) is 4.90. The minimum atomic E-state index is -3.03. The predicted molar refractivity (Wildman–Crippen MR) is 196 cm³/mol. The Morgan fingerprint density at radius 3 is 0.783 bits per heavy atom. The second kappa shape index (κ2) is 12.8. The third-order valence-corrected chi connectivity index (χ3v) is 14.6. The first-order chi connectivity index (χ1) is 22.6. The van der Waals surface area contributed by atoms with Crippen LogP contribution in [0.5, 0.6) is 0 Å². The number of rotatable bonds is 8. The van der Waals surface area contributed by atoms with E-state index in [1.165, 1.54) is 0 Å². The van der Waals surface area contributed by atoms with Crippen LogP contribution in [0.2, 0.25) is 0 Å². The highest BCUT2D eigenvalue weighted by Crippen LogP contribution is 2.44. The lowest BCUT2D eigenvalue weighted by atomic mass is 9.99. The zero-order valence-electron chi connectivity index (χ0n) is 25.2. The average Bonchev–Trinajstić information content (AvgIpc) is 3.16. The molecule has 222 valence electrons. The Kier molecular flexibility index (Phi) is 8.25. The van der Waals surface area contributed by atoms with E-state index < -0.39 is 14.3 Å². The van der Waals surface area contributed by atoms with E-state index in [2.05, 4.69) is 48.5 Å². The van der Waals surface area contributed by atoms with E-state index in [1.54, 1.807) is 0 Å². The van der Waals surface area contributed by atoms with E-state index in [4.69, 9.17) is 0 Å². The third-order valence-electron chi connectivity index (χ3n) is 8.47. The van der Waals surface area contributed by atoms with Crippen molar-refractivity contribution in [3.8, 4) is 22.3 Å². The molecule has 0 radical (unpaired) electrons. The molecule has 0 saturated heterocycles. The molecular formula is C42H32O2P2. The summed E-state index contributed by atoms with van der Waals surface area (Å²) in [6.45, 7) is 0. The van der Waals surface area contributed by atoms with E-state index in [0.717, 1.165) is 54.1 Å². The van der Waals surface area contributed by atoms with Crippen LogP contribution in [0.3, 0.4) is 0 Å². The Hall–Kier alpha value is -5.00. The maximum atomic E-state index is 14.8. The zero-order valence-corrected chi connectivity index (χ0v) is 27.0. The minimum Gasteiger partial charge on any atom is -0.309 e. The van der Waals surface area contributed by atoms with E-state index in [1.807, 2.05) is 146 Å². The van der Waals surface area contributed by atoms with Gasteiger partial charge < -0.3 is 9.13 Å². The molecule has 0 atom stereocenters. The summed E-state index contributed by atoms with van der Waals surface area (Å²) in [5.41, 5.74) is 4.24. The molecule has 2 nitrogen and oxygen atoms in total. The molecule has 0 saturated carbocycles. The lowest BCUT2D eigenvalue weighted by Crippen LogP contribution is -2.24. The van der Waals surface area contributed by atoms with Gasteiger partial charge in [-0.2, -0.15) is 0 Å². The van der Waals surface area contributed by atoms with Gasteiger partial charge in [0.15, 0.2) is 14.3 Å². The molecule has 4 heteroatoms. The van der Waals surface area contributed by atoms with Crippen molar-refractivity contribution in [2.75, 3.05) is 0 Å². The van der Waals surface area contributed by atoms with Gasteiger partial charge in [0.25, 0.3) is 0 Å². The lowest BCUT2D eigenvalue weighted by molar-refractivity contribution is 0.591. The second-order valence-corrected chi connectivity index (χ2v) is 16.8. The highest BCUT2D eigenvalue weighted by atomic mass is 31.2. The molecule has 0 heterocycles. The average molecular weight is 631 g/mol. The Bertz CT molecular complexity index is 1920. The fraction of sp³-hybridized carbons (Fsp3) is 0. The molecule has 0 bridgehead atoms. The van der Waals surface area contributed by atoms with E-state index in [0.29, 0.717) is 0 Å². The van der Waals surface area contributed by atoms with Crippen LogP contribution in [0.4, 0.5) is 0 Å². The summed E-state index contributed by atoms with van der Waals surface area (Å²) in [4.78, 5) is 0. The van der Waals surface area contributed by atoms with Gasteiger partial charge in [0, 0.05) is 31.8 Å². The van der Waals surface area contributed by atoms with Crippen molar-refractivity contribution in [2.45, 2.75) is 0 Å². The van der Waals surface area contributed by atoms with Gasteiger partial charge in [-0.05, 0) is 28.3 Å². The summed E-state index contributed by atoms with van der Waals surface area (Å²) < 4.78 is 29.5. The van der Waals surface area contributed by atoms with Crippen LogP contribution in [0.1, 0.15) is 0 Å². The molecule has 0 N–H and O–H groups in total. The SMILES string of the molecule is O=P(c1ccccc1)(c1ccccc1)c1ccc(-c2cccc(-c3ccc(P(=O)(c4ccccc4)c4ccccc4)cc3)c2)cc1. The van der Waals surface area contributed by atoms with Gasteiger partial charge in [-0.3, -0.25) is 0 Å². The zero-order chi connectivity index (χ0) is 31.4. The molecule has 0 aromatic heterocycles. The van der Waals surface area contributed by atoms with E-state index >= 15 is 0 Å². The van der Waals surface area contributed by atoms with Gasteiger partial charge >= 0.3 is 0 Å². The first-order valence-corrected chi connectivity index (χ1v) is 18.7. The molecule has 46 heavy (non-hydrogen) atoms. The van der Waals surface area contributed by atoms with Crippen molar-refractivity contribution < 1.29 is 9.13 Å². The third kappa shape index (κ3) is 5.52. The van der Waals surface area contributed by atoms with E-state index in [-0.39, 0.29) is 0 Å². The van der Waals surface area contributed by atoms with Crippen LogP contribution in [0, 0.1) is 0 Å². The Morgan fingerprint density at radius 1 is 0.239 bits per heavy atom. The van der Waals surface area contributed by atoms with Gasteiger partial charge in [0.2, 0.25) is 0 Å². The molecule has 7 aromatic rings. The molecule has 0 amide bonds. The molecule has 0 fully saturated rings. The quantitative estimate of drug-likeness (QED) is 0.158. The Labute approximate surface area is 270 Å². The first kappa shape index (κ1) is 29.7. The van der Waals surface area contributed by atoms with Gasteiger partial charge in [-0.25, -0.2) is 0 Å². The van der Waals surface area contributed by atoms with Gasteiger partial charge in [0.05, 0.1) is 0 Å². The van der Waals surface area contributed by atoms with Gasteiger partial charge in [-0.15, -0.1) is 0 Å². The monoisotopic (exact) mass is 630 g/mol. The number of hydrogen-bond acceptors (Lipinski definition) is 2. The molecule has 7 aromatic carbocycles. The molecular weight excluding hydrogens is 598 g/mol. The van der Waals surface area contributed by atoms with Crippen LogP contribution in [-0.4, -0.2) is 0 Å². The first-order valence-electron chi connectivity index (χ1n) is 15.3. The summed E-state index contributed by atoms with van der Waals surface area (Å²) in [7, 11) is -6.06. The van der Waals surface area contributed by atoms with Crippen LogP contribution in [0.25, 0.3) is 22.3 Å². The van der Waals surface area contributed by atoms with Crippen molar-refractivity contribution in [3.63, 3.8) is 0 Å². The second-order valence-electron chi connectivity index (χ2n) is 11.2. The number of benzene rings is 7. The van der Waals surface area contributed by atoms with Crippen molar-refractivity contribution in [1.29, 1.82) is 0 Å². The molecule has 0 aliphatic carbocycles. The molecule has 0 aliphatic heterocycles. The van der Waals surface area contributed by atoms with Crippen LogP contribution in [-0.2, 0) is 9.13 Å². The van der Waals surface area contributed by atoms with Crippen molar-refractivity contribution in [3.05, 3.63) is 194 Å². The van der Waals surface area contributed by atoms with Crippen LogP contribution in [0.15, 0.2) is 194 Å². The smallest absolute Gasteiger partial charge is 0.171 e. The summed E-state index contributed by atoms with van der Waals surface area (Å²) >= 11 is 0. The van der Waals surface area contributed by atoms with Gasteiger partial charge in [-0.1, -0.05) is 188 Å². The van der Waals surface area contributed by atoms with Crippen molar-refractivity contribution >= 4 is 46.1 Å². The lowest BCUT2D eigenvalue weighted by Gasteiger charge is -2.20. The molecule has 0 unspecified atom stereocenters. The summed E-state index contributed by atoms with van der Waals surface area (Å²) in [5.74, 6) is 0. The fourth-order valence-electron chi connectivity index (χ4n) is 6.05.